The number of carbonyl (C=O) groups is 1. The van der Waals surface area contributed by atoms with Crippen LogP contribution in [0.1, 0.15) is 33.1 Å². The number of hydrogen-bond donors (Lipinski definition) is 0. The first kappa shape index (κ1) is 33.1. The molecule has 0 aromatic rings. The molecule has 0 N–H and O–H groups in total. The summed E-state index contributed by atoms with van der Waals surface area (Å²) in [7, 11) is 9.25. The van der Waals surface area contributed by atoms with Crippen LogP contribution in [0.15, 0.2) is 12.2 Å². The fourth-order valence-electron chi connectivity index (χ4n) is 4.50. The molecule has 0 aliphatic heterocycles. The largest absolute Gasteiger partial charge is 0.566 e. The molecule has 0 amide bonds. The molecule has 34 heavy (non-hydrogen) atoms. The van der Waals surface area contributed by atoms with Gasteiger partial charge in [0.2, 0.25) is 5.79 Å². The van der Waals surface area contributed by atoms with Crippen molar-refractivity contribution in [2.24, 2.45) is 0 Å². The smallest absolute Gasteiger partial charge is 0.462 e. The topological polar surface area (TPSA) is 109 Å². The zero-order valence-corrected chi connectivity index (χ0v) is 23.6. The standard InChI is InChI=1S/C22H44O11Si/c1-17(2)19(23)33-16-14-13-15-20(25-5,21(26-6,27-7)18(3)24-4)22(28-8,29-9)34(30-10,31-11)32-12/h18H,1,13-16H2,2-12H3. The van der Waals surface area contributed by atoms with Crippen LogP contribution in [0.25, 0.3) is 0 Å². The first-order chi connectivity index (χ1) is 16.0. The third-order valence-corrected chi connectivity index (χ3v) is 9.46. The SMILES string of the molecule is C=C(C)C(=O)OCCCCC(OC)(C(OC)(OC)C(C)OC)C(OC)(OC)[Si](OC)(OC)OC. The third kappa shape index (κ3) is 5.56. The van der Waals surface area contributed by atoms with Crippen LogP contribution in [0.2, 0.25) is 0 Å². The summed E-state index contributed by atoms with van der Waals surface area (Å²) in [6.07, 6.45) is 0.486. The lowest BCUT2D eigenvalue weighted by molar-refractivity contribution is -0.413. The summed E-state index contributed by atoms with van der Waals surface area (Å²) in [5.74, 6) is -2.05. The molecule has 12 heteroatoms. The summed E-state index contributed by atoms with van der Waals surface area (Å²) >= 11 is 0. The van der Waals surface area contributed by atoms with E-state index < -0.39 is 37.7 Å². The highest BCUT2D eigenvalue weighted by Gasteiger charge is 2.80. The maximum absolute atomic E-state index is 11.8. The first-order valence-electron chi connectivity index (χ1n) is 10.8. The van der Waals surface area contributed by atoms with Crippen LogP contribution >= 0.6 is 0 Å². The van der Waals surface area contributed by atoms with Gasteiger partial charge in [-0.05, 0) is 33.1 Å². The van der Waals surface area contributed by atoms with Crippen molar-refractivity contribution in [3.8, 4) is 0 Å². The lowest BCUT2D eigenvalue weighted by Crippen LogP contribution is -2.84. The first-order valence-corrected chi connectivity index (χ1v) is 12.5. The normalized spacial score (nSPS) is 15.6. The van der Waals surface area contributed by atoms with Crippen LogP contribution in [0.5, 0.6) is 0 Å². The summed E-state index contributed by atoms with van der Waals surface area (Å²) in [4.78, 5) is 11.8. The Morgan fingerprint density at radius 3 is 1.65 bits per heavy atom. The van der Waals surface area contributed by atoms with Gasteiger partial charge in [-0.3, -0.25) is 0 Å². The maximum atomic E-state index is 11.8. The number of carbonyl (C=O) groups excluding carboxylic acids is 1. The molecule has 2 unspecified atom stereocenters. The van der Waals surface area contributed by atoms with Crippen LogP contribution in [0.3, 0.4) is 0 Å². The molecular weight excluding hydrogens is 468 g/mol. The number of esters is 1. The molecule has 0 spiro atoms. The van der Waals surface area contributed by atoms with Crippen LogP contribution in [-0.4, -0.2) is 108 Å². The molecule has 11 nitrogen and oxygen atoms in total. The fourth-order valence-corrected chi connectivity index (χ4v) is 7.20. The second-order valence-corrected chi connectivity index (χ2v) is 10.5. The van der Waals surface area contributed by atoms with Crippen molar-refractivity contribution >= 4 is 14.8 Å². The maximum Gasteiger partial charge on any atom is 0.566 e. The van der Waals surface area contributed by atoms with Crippen molar-refractivity contribution < 1.29 is 51.2 Å². The molecule has 0 aromatic heterocycles. The molecular formula is C22H44O11Si. The number of unbranched alkanes of at least 4 members (excludes halogenated alkanes) is 1. The van der Waals surface area contributed by atoms with Gasteiger partial charge in [0.1, 0.15) is 6.10 Å². The quantitative estimate of drug-likeness (QED) is 0.0834. The molecule has 202 valence electrons. The molecule has 0 heterocycles. The molecule has 0 aliphatic rings. The summed E-state index contributed by atoms with van der Waals surface area (Å²) in [5.41, 5.74) is -3.04. The van der Waals surface area contributed by atoms with Gasteiger partial charge in [-0.2, -0.15) is 0 Å². The molecule has 0 radical (unpaired) electrons. The highest BCUT2D eigenvalue weighted by molar-refractivity contribution is 6.64. The van der Waals surface area contributed by atoms with E-state index in [-0.39, 0.29) is 13.0 Å². The predicted octanol–water partition coefficient (Wildman–Crippen LogP) is 2.09. The summed E-state index contributed by atoms with van der Waals surface area (Å²) in [6, 6.07) is 0. The second kappa shape index (κ2) is 14.6. The Bertz CT molecular complexity index is 610. The summed E-state index contributed by atoms with van der Waals surface area (Å²) in [5, 5.41) is 0. The predicted molar refractivity (Wildman–Crippen MR) is 126 cm³/mol. The zero-order chi connectivity index (χ0) is 26.6. The van der Waals surface area contributed by atoms with Crippen LogP contribution in [0.4, 0.5) is 0 Å². The average molecular weight is 513 g/mol. The van der Waals surface area contributed by atoms with Gasteiger partial charge in [0.25, 0.3) is 5.41 Å². The Morgan fingerprint density at radius 2 is 1.32 bits per heavy atom. The van der Waals surface area contributed by atoms with Crippen molar-refractivity contribution in [2.45, 2.75) is 56.0 Å². The highest BCUT2D eigenvalue weighted by atomic mass is 28.4. The zero-order valence-electron chi connectivity index (χ0n) is 22.6. The van der Waals surface area contributed by atoms with Gasteiger partial charge in [-0.25, -0.2) is 4.79 Å². The minimum Gasteiger partial charge on any atom is -0.462 e. The van der Waals surface area contributed by atoms with Crippen molar-refractivity contribution in [3.63, 3.8) is 0 Å². The number of hydrogen-bond acceptors (Lipinski definition) is 11. The lowest BCUT2D eigenvalue weighted by Gasteiger charge is -2.58. The Hall–Kier alpha value is -0.933. The summed E-state index contributed by atoms with van der Waals surface area (Å²) < 4.78 is 58.6. The highest BCUT2D eigenvalue weighted by Crippen LogP contribution is 2.51. The lowest BCUT2D eigenvalue weighted by atomic mass is 9.82. The number of methoxy groups -OCH3 is 6. The van der Waals surface area contributed by atoms with E-state index in [1.807, 2.05) is 0 Å². The number of ether oxygens (including phenoxy) is 7. The van der Waals surface area contributed by atoms with Crippen molar-refractivity contribution in [3.05, 3.63) is 12.2 Å². The van der Waals surface area contributed by atoms with Crippen molar-refractivity contribution in [1.29, 1.82) is 0 Å². The molecule has 0 bridgehead atoms. The van der Waals surface area contributed by atoms with Crippen LogP contribution in [0, 0.1) is 0 Å². The van der Waals surface area contributed by atoms with Crippen molar-refractivity contribution in [1.82, 2.24) is 0 Å². The molecule has 0 aliphatic carbocycles. The van der Waals surface area contributed by atoms with Crippen LogP contribution in [-0.2, 0) is 51.2 Å². The van der Waals surface area contributed by atoms with E-state index in [9.17, 15) is 4.79 Å². The van der Waals surface area contributed by atoms with E-state index in [4.69, 9.17) is 46.4 Å². The molecule has 0 aromatic carbocycles. The van der Waals surface area contributed by atoms with Gasteiger partial charge < -0.3 is 46.4 Å². The third-order valence-electron chi connectivity index (χ3n) is 6.23. The van der Waals surface area contributed by atoms with E-state index in [0.717, 1.165) is 0 Å². The molecule has 2 atom stereocenters. The molecule has 0 saturated heterocycles. The van der Waals surface area contributed by atoms with Gasteiger partial charge in [0.05, 0.1) is 6.61 Å². The number of rotatable bonds is 19. The van der Waals surface area contributed by atoms with Gasteiger partial charge in [-0.1, -0.05) is 6.58 Å². The second-order valence-electron chi connectivity index (χ2n) is 7.55. The van der Waals surface area contributed by atoms with E-state index in [1.165, 1.54) is 64.0 Å². The Balaban J connectivity index is 6.84. The molecule has 0 rings (SSSR count). The van der Waals surface area contributed by atoms with E-state index in [1.54, 1.807) is 13.8 Å². The van der Waals surface area contributed by atoms with Gasteiger partial charge in [0.15, 0.2) is 5.60 Å². The molecule has 0 saturated carbocycles. The minimum atomic E-state index is -3.84. The monoisotopic (exact) mass is 512 g/mol. The van der Waals surface area contributed by atoms with Gasteiger partial charge in [0, 0.05) is 69.6 Å². The van der Waals surface area contributed by atoms with Crippen LogP contribution < -0.4 is 0 Å². The van der Waals surface area contributed by atoms with Gasteiger partial charge in [-0.15, -0.1) is 0 Å². The molecule has 0 fully saturated rings. The Morgan fingerprint density at radius 1 is 0.824 bits per heavy atom. The van der Waals surface area contributed by atoms with E-state index >= 15 is 0 Å². The Kier molecular flexibility index (Phi) is 14.2. The van der Waals surface area contributed by atoms with Gasteiger partial charge >= 0.3 is 14.8 Å². The van der Waals surface area contributed by atoms with E-state index in [0.29, 0.717) is 18.4 Å². The van der Waals surface area contributed by atoms with Crippen molar-refractivity contribution in [2.75, 3.05) is 70.6 Å². The van der Waals surface area contributed by atoms with E-state index in [2.05, 4.69) is 6.58 Å². The Labute approximate surface area is 205 Å². The minimum absolute atomic E-state index is 0.173. The fraction of sp³-hybridized carbons (Fsp3) is 0.864. The average Bonchev–Trinajstić information content (AvgIpc) is 2.86. The summed E-state index contributed by atoms with van der Waals surface area (Å²) in [6.45, 7) is 7.12.